The Morgan fingerprint density at radius 2 is 2.12 bits per heavy atom. The van der Waals surface area contributed by atoms with Crippen LogP contribution in [0.2, 0.25) is 4.34 Å². The fourth-order valence-electron chi connectivity index (χ4n) is 4.57. The third-order valence-electron chi connectivity index (χ3n) is 5.64. The van der Waals surface area contributed by atoms with Gasteiger partial charge in [0.25, 0.3) is 0 Å². The van der Waals surface area contributed by atoms with Crippen LogP contribution in [0.5, 0.6) is 0 Å². The highest BCUT2D eigenvalue weighted by Gasteiger charge is 2.39. The molecular weight excluding hydrogens is 354 g/mol. The minimum atomic E-state index is -1.19. The van der Waals surface area contributed by atoms with Crippen molar-refractivity contribution >= 4 is 22.9 Å². The molecule has 2 fully saturated rings. The standard InChI is InChI=1S/C19H28ClN3OS/c1-13-11-14-3-4-15(12-13)23(14)10-7-16(17-5-6-18(20)25-17)22-19(2,24)8-9-21/h5-6,13-16,22,24H,3-4,7-8,10-12H2,1-2H3/t13?,14?,15?,16-,19?/m0/s1. The van der Waals surface area contributed by atoms with Gasteiger partial charge < -0.3 is 5.11 Å². The van der Waals surface area contributed by atoms with Crippen LogP contribution in [-0.2, 0) is 0 Å². The van der Waals surface area contributed by atoms with E-state index in [0.29, 0.717) is 0 Å². The predicted octanol–water partition coefficient (Wildman–Crippen LogP) is 4.31. The summed E-state index contributed by atoms with van der Waals surface area (Å²) >= 11 is 7.67. The van der Waals surface area contributed by atoms with Crippen molar-refractivity contribution in [3.05, 3.63) is 21.3 Å². The Morgan fingerprint density at radius 1 is 1.44 bits per heavy atom. The minimum Gasteiger partial charge on any atom is -0.375 e. The molecule has 2 aliphatic heterocycles. The summed E-state index contributed by atoms with van der Waals surface area (Å²) in [6.07, 6.45) is 6.25. The number of nitriles is 1. The molecular formula is C19H28ClN3OS. The second-order valence-corrected chi connectivity index (χ2v) is 9.68. The summed E-state index contributed by atoms with van der Waals surface area (Å²) < 4.78 is 0.758. The average molecular weight is 382 g/mol. The fraction of sp³-hybridized carbons (Fsp3) is 0.737. The molecule has 3 rings (SSSR count). The third-order valence-corrected chi connectivity index (χ3v) is 6.99. The first-order valence-corrected chi connectivity index (χ1v) is 10.5. The number of piperidine rings is 1. The van der Waals surface area contributed by atoms with E-state index in [0.717, 1.165) is 40.2 Å². The van der Waals surface area contributed by atoms with Crippen molar-refractivity contribution in [2.45, 2.75) is 76.2 Å². The van der Waals surface area contributed by atoms with E-state index in [1.807, 2.05) is 12.1 Å². The molecule has 0 aromatic carbocycles. The second kappa shape index (κ2) is 7.94. The number of hydrogen-bond donors (Lipinski definition) is 2. The zero-order valence-electron chi connectivity index (χ0n) is 15.0. The molecule has 1 aromatic rings. The van der Waals surface area contributed by atoms with Crippen LogP contribution in [0, 0.1) is 17.2 Å². The van der Waals surface area contributed by atoms with Crippen LogP contribution in [0.25, 0.3) is 0 Å². The molecule has 25 heavy (non-hydrogen) atoms. The predicted molar refractivity (Wildman–Crippen MR) is 103 cm³/mol. The zero-order valence-corrected chi connectivity index (χ0v) is 16.6. The lowest BCUT2D eigenvalue weighted by Gasteiger charge is -2.39. The van der Waals surface area contributed by atoms with E-state index >= 15 is 0 Å². The lowest BCUT2D eigenvalue weighted by atomic mass is 9.92. The molecule has 2 bridgehead atoms. The van der Waals surface area contributed by atoms with Crippen molar-refractivity contribution in [3.8, 4) is 6.07 Å². The maximum Gasteiger partial charge on any atom is 0.126 e. The molecule has 1 aromatic heterocycles. The van der Waals surface area contributed by atoms with Gasteiger partial charge in [0.05, 0.1) is 16.8 Å². The van der Waals surface area contributed by atoms with Gasteiger partial charge in [-0.25, -0.2) is 0 Å². The summed E-state index contributed by atoms with van der Waals surface area (Å²) in [5.74, 6) is 0.843. The van der Waals surface area contributed by atoms with Gasteiger partial charge in [-0.3, -0.25) is 10.2 Å². The quantitative estimate of drug-likeness (QED) is 0.691. The van der Waals surface area contributed by atoms with Crippen LogP contribution in [0.15, 0.2) is 12.1 Å². The number of halogens is 1. The molecule has 6 heteroatoms. The second-order valence-electron chi connectivity index (χ2n) is 7.94. The van der Waals surface area contributed by atoms with Crippen molar-refractivity contribution < 1.29 is 5.11 Å². The van der Waals surface area contributed by atoms with Gasteiger partial charge in [-0.1, -0.05) is 18.5 Å². The number of nitrogens with zero attached hydrogens (tertiary/aromatic N) is 2. The molecule has 0 aliphatic carbocycles. The largest absolute Gasteiger partial charge is 0.375 e. The first kappa shape index (κ1) is 19.1. The van der Waals surface area contributed by atoms with E-state index in [1.165, 1.54) is 25.7 Å². The number of hydrogen-bond acceptors (Lipinski definition) is 5. The topological polar surface area (TPSA) is 59.3 Å². The third kappa shape index (κ3) is 4.75. The van der Waals surface area contributed by atoms with Gasteiger partial charge in [0.1, 0.15) is 5.72 Å². The number of thiophene rings is 1. The Labute approximate surface area is 159 Å². The maximum absolute atomic E-state index is 10.5. The summed E-state index contributed by atoms with van der Waals surface area (Å²) in [5.41, 5.74) is -1.19. The molecule has 2 N–H and O–H groups in total. The maximum atomic E-state index is 10.5. The van der Waals surface area contributed by atoms with Crippen molar-refractivity contribution in [1.29, 1.82) is 5.26 Å². The lowest BCUT2D eigenvalue weighted by Crippen LogP contribution is -2.47. The van der Waals surface area contributed by atoms with Gasteiger partial charge in [0.2, 0.25) is 0 Å². The molecule has 0 amide bonds. The molecule has 0 spiro atoms. The van der Waals surface area contributed by atoms with Gasteiger partial charge in [0.15, 0.2) is 0 Å². The highest BCUT2D eigenvalue weighted by molar-refractivity contribution is 7.16. The van der Waals surface area contributed by atoms with Gasteiger partial charge in [-0.05, 0) is 57.1 Å². The van der Waals surface area contributed by atoms with Crippen molar-refractivity contribution in [3.63, 3.8) is 0 Å². The van der Waals surface area contributed by atoms with Gasteiger partial charge in [-0.15, -0.1) is 11.3 Å². The van der Waals surface area contributed by atoms with Crippen LogP contribution in [0.3, 0.4) is 0 Å². The molecule has 4 atom stereocenters. The molecule has 138 valence electrons. The summed E-state index contributed by atoms with van der Waals surface area (Å²) in [5, 5.41) is 22.7. The first-order valence-electron chi connectivity index (χ1n) is 9.26. The van der Waals surface area contributed by atoms with E-state index < -0.39 is 5.72 Å². The molecule has 4 nitrogen and oxygen atoms in total. The summed E-state index contributed by atoms with van der Waals surface area (Å²) in [7, 11) is 0. The van der Waals surface area contributed by atoms with Crippen molar-refractivity contribution in [1.82, 2.24) is 10.2 Å². The van der Waals surface area contributed by atoms with Crippen LogP contribution in [0.4, 0.5) is 0 Å². The lowest BCUT2D eigenvalue weighted by molar-refractivity contribution is 0.0124. The molecule has 0 radical (unpaired) electrons. The normalized spacial score (nSPS) is 30.0. The van der Waals surface area contributed by atoms with Crippen LogP contribution in [-0.4, -0.2) is 34.4 Å². The SMILES string of the molecule is CC1CC2CCC(C1)N2CC[C@H](NC(C)(O)CC#N)c1ccc(Cl)s1. The fourth-order valence-corrected chi connectivity index (χ4v) is 5.72. The Morgan fingerprint density at radius 3 is 2.68 bits per heavy atom. The molecule has 3 heterocycles. The number of rotatable bonds is 7. The van der Waals surface area contributed by atoms with E-state index in [-0.39, 0.29) is 12.5 Å². The number of fused-ring (bicyclic) bond motifs is 2. The highest BCUT2D eigenvalue weighted by Crippen LogP contribution is 2.39. The molecule has 3 unspecified atom stereocenters. The zero-order chi connectivity index (χ0) is 18.0. The van der Waals surface area contributed by atoms with Gasteiger partial charge >= 0.3 is 0 Å². The highest BCUT2D eigenvalue weighted by atomic mass is 35.5. The van der Waals surface area contributed by atoms with E-state index in [1.54, 1.807) is 18.3 Å². The minimum absolute atomic E-state index is 0.0135. The van der Waals surface area contributed by atoms with E-state index in [2.05, 4.69) is 23.2 Å². The number of aliphatic hydroxyl groups is 1. The van der Waals surface area contributed by atoms with Crippen molar-refractivity contribution in [2.24, 2.45) is 5.92 Å². The Kier molecular flexibility index (Phi) is 6.07. The van der Waals surface area contributed by atoms with Crippen molar-refractivity contribution in [2.75, 3.05) is 6.54 Å². The molecule has 0 saturated carbocycles. The Balaban J connectivity index is 1.67. The summed E-state index contributed by atoms with van der Waals surface area (Å²) in [6, 6.07) is 7.45. The molecule has 2 saturated heterocycles. The van der Waals surface area contributed by atoms with Gasteiger partial charge in [-0.2, -0.15) is 5.26 Å². The first-order chi connectivity index (χ1) is 11.9. The summed E-state index contributed by atoms with van der Waals surface area (Å²) in [6.45, 7) is 5.07. The van der Waals surface area contributed by atoms with E-state index in [4.69, 9.17) is 16.9 Å². The van der Waals surface area contributed by atoms with E-state index in [9.17, 15) is 5.11 Å². The van der Waals surface area contributed by atoms with Gasteiger partial charge in [0, 0.05) is 29.5 Å². The average Bonchev–Trinajstić information content (AvgIpc) is 3.05. The Bertz CT molecular complexity index is 612. The number of nitrogens with one attached hydrogen (secondary N) is 1. The monoisotopic (exact) mass is 381 g/mol. The summed E-state index contributed by atoms with van der Waals surface area (Å²) in [4.78, 5) is 3.81. The molecule has 2 aliphatic rings. The van der Waals surface area contributed by atoms with Crippen LogP contribution >= 0.6 is 22.9 Å². The van der Waals surface area contributed by atoms with Crippen LogP contribution < -0.4 is 5.32 Å². The van der Waals surface area contributed by atoms with Crippen LogP contribution in [0.1, 0.15) is 63.3 Å². The Hall–Kier alpha value is -0.640. The smallest absolute Gasteiger partial charge is 0.126 e.